The molecular weight excluding hydrogens is 788 g/mol. The molecule has 2 heterocycles. The van der Waals surface area contributed by atoms with Crippen molar-refractivity contribution >= 4 is 67.4 Å². The normalized spacial score (nSPS) is 10.1. The van der Waals surface area contributed by atoms with E-state index in [0.717, 1.165) is 42.8 Å². The van der Waals surface area contributed by atoms with Gasteiger partial charge in [-0.2, -0.15) is 0 Å². The number of carboxylic acid groups (broad SMARTS) is 1. The summed E-state index contributed by atoms with van der Waals surface area (Å²) in [5.41, 5.74) is 10.5. The fourth-order valence-corrected chi connectivity index (χ4v) is 7.09. The average molecular weight is 825 g/mol. The van der Waals surface area contributed by atoms with Gasteiger partial charge < -0.3 is 26.2 Å². The molecule has 54 heavy (non-hydrogen) atoms. The van der Waals surface area contributed by atoms with Crippen LogP contribution in [0.3, 0.4) is 0 Å². The first-order chi connectivity index (χ1) is 25.7. The molecule has 0 saturated heterocycles. The summed E-state index contributed by atoms with van der Waals surface area (Å²) < 4.78 is 2.39. The van der Waals surface area contributed by atoms with Crippen molar-refractivity contribution in [1.82, 2.24) is 9.97 Å². The van der Waals surface area contributed by atoms with Crippen molar-refractivity contribution in [2.45, 2.75) is 24.2 Å². The largest absolute Gasteiger partial charge is 0.508 e. The van der Waals surface area contributed by atoms with Crippen molar-refractivity contribution in [3.63, 3.8) is 0 Å². The summed E-state index contributed by atoms with van der Waals surface area (Å²) in [6.07, 6.45) is 1.24. The predicted molar refractivity (Wildman–Crippen MR) is 219 cm³/mol. The Balaban J connectivity index is 0.000000166. The number of phenolic OH excluding ortho intramolecular Hbond substituents is 3. The van der Waals surface area contributed by atoms with E-state index in [-0.39, 0.29) is 31.6 Å². The topological polar surface area (TPSA) is 150 Å². The fraction of sp³-hybridized carbons (Fsp3) is 0.0714. The molecule has 8 nitrogen and oxygen atoms in total. The van der Waals surface area contributed by atoms with Crippen molar-refractivity contribution in [2.75, 3.05) is 5.73 Å². The van der Waals surface area contributed by atoms with Crippen LogP contribution in [0, 0.1) is 0 Å². The first-order valence-corrected chi connectivity index (χ1v) is 18.5. The van der Waals surface area contributed by atoms with Gasteiger partial charge in [0.15, 0.2) is 0 Å². The minimum Gasteiger partial charge on any atom is -0.508 e. The number of nitrogens with zero attached hydrogens (tertiary/aromatic N) is 2. The zero-order valence-corrected chi connectivity index (χ0v) is 34.6. The van der Waals surface area contributed by atoms with Gasteiger partial charge in [0.2, 0.25) is 0 Å². The molecule has 0 bridgehead atoms. The van der Waals surface area contributed by atoms with Crippen molar-refractivity contribution in [3.8, 4) is 17.2 Å². The van der Waals surface area contributed by atoms with Gasteiger partial charge in [-0.25, -0.2) is 9.97 Å². The third-order valence-electron chi connectivity index (χ3n) is 7.61. The van der Waals surface area contributed by atoms with Gasteiger partial charge in [0, 0.05) is 59.6 Å². The number of aliphatic carboxylic acids is 1. The maximum atomic E-state index is 10.2. The molecule has 6 N–H and O–H groups in total. The second kappa shape index (κ2) is 20.8. The number of thiol groups is 1. The van der Waals surface area contributed by atoms with Gasteiger partial charge in [-0.3, -0.25) is 4.79 Å². The van der Waals surface area contributed by atoms with Crippen LogP contribution in [0.1, 0.15) is 26.7 Å². The number of anilines is 1. The van der Waals surface area contributed by atoms with Gasteiger partial charge in [-0.1, -0.05) is 91.0 Å². The number of nitrogen functional groups attached to an aromatic ring is 1. The quantitative estimate of drug-likeness (QED) is 0.0552. The van der Waals surface area contributed by atoms with Crippen LogP contribution < -0.4 is 5.73 Å². The number of carboxylic acids is 1. The number of fused-ring (bicyclic) bond motifs is 2. The number of carbonyl (C=O) groups is 1. The summed E-state index contributed by atoms with van der Waals surface area (Å²) in [6, 6.07) is 44.9. The summed E-state index contributed by atoms with van der Waals surface area (Å²) in [5.74, 6) is -0.222. The van der Waals surface area contributed by atoms with Crippen molar-refractivity contribution in [1.29, 1.82) is 0 Å². The molecule has 0 radical (unpaired) electrons. The van der Waals surface area contributed by atoms with Crippen molar-refractivity contribution in [3.05, 3.63) is 172 Å². The molecule has 0 spiro atoms. The SMILES string of the molecule is Nc1ccccc1S.O=C(O)Cc1ccccc1O.Oc1ccccc1Cc1nc2ccccc2s1.Oc1ccccc1Cc1nc2ccccc2s1.[Zn]. The van der Waals surface area contributed by atoms with Crippen LogP contribution in [0.15, 0.2) is 150 Å². The Morgan fingerprint density at radius 2 is 0.926 bits per heavy atom. The summed E-state index contributed by atoms with van der Waals surface area (Å²) in [6.45, 7) is 0. The van der Waals surface area contributed by atoms with E-state index in [0.29, 0.717) is 29.9 Å². The molecular formula is C42H37N3O5S3Zn. The number of hydrogen-bond donors (Lipinski definition) is 6. The number of aromatic nitrogens is 2. The summed E-state index contributed by atoms with van der Waals surface area (Å²) >= 11 is 7.43. The molecule has 0 aliphatic carbocycles. The van der Waals surface area contributed by atoms with E-state index in [4.69, 9.17) is 15.9 Å². The van der Waals surface area contributed by atoms with Gasteiger partial charge in [0.25, 0.3) is 0 Å². The molecule has 8 rings (SSSR count). The molecule has 0 aliphatic heterocycles. The average Bonchev–Trinajstić information content (AvgIpc) is 3.76. The maximum Gasteiger partial charge on any atom is 0.307 e. The van der Waals surface area contributed by atoms with E-state index in [9.17, 15) is 15.0 Å². The Kier molecular flexibility index (Phi) is 16.0. The van der Waals surface area contributed by atoms with Crippen LogP contribution in [0.25, 0.3) is 20.4 Å². The van der Waals surface area contributed by atoms with Crippen LogP contribution in [-0.4, -0.2) is 36.4 Å². The predicted octanol–water partition coefficient (Wildman–Crippen LogP) is 9.76. The van der Waals surface area contributed by atoms with Crippen LogP contribution in [0.5, 0.6) is 17.2 Å². The zero-order chi connectivity index (χ0) is 37.6. The Labute approximate surface area is 339 Å². The number of rotatable bonds is 6. The third kappa shape index (κ3) is 12.4. The van der Waals surface area contributed by atoms with Crippen molar-refractivity contribution < 1.29 is 44.7 Å². The van der Waals surface area contributed by atoms with E-state index in [1.165, 1.54) is 15.5 Å². The summed E-state index contributed by atoms with van der Waals surface area (Å²) in [5, 5.41) is 39.0. The Morgan fingerprint density at radius 1 is 0.556 bits per heavy atom. The first kappa shape index (κ1) is 41.5. The Bertz CT molecular complexity index is 2210. The van der Waals surface area contributed by atoms with E-state index in [1.807, 2.05) is 97.1 Å². The van der Waals surface area contributed by atoms with E-state index in [1.54, 1.807) is 53.0 Å². The zero-order valence-electron chi connectivity index (χ0n) is 29.1. The Morgan fingerprint density at radius 3 is 1.30 bits per heavy atom. The van der Waals surface area contributed by atoms with Crippen LogP contribution in [0.2, 0.25) is 0 Å². The van der Waals surface area contributed by atoms with Crippen molar-refractivity contribution in [2.24, 2.45) is 0 Å². The molecule has 270 valence electrons. The second-order valence-corrected chi connectivity index (χ2v) is 14.2. The van der Waals surface area contributed by atoms with Gasteiger partial charge in [0.1, 0.15) is 17.2 Å². The molecule has 0 saturated carbocycles. The molecule has 0 unspecified atom stereocenters. The monoisotopic (exact) mass is 823 g/mol. The molecule has 12 heteroatoms. The molecule has 0 atom stereocenters. The smallest absolute Gasteiger partial charge is 0.307 e. The molecule has 8 aromatic rings. The standard InChI is InChI=1S/2C14H11NOS.C8H8O3.C6H7NS.Zn/c2*16-12-7-3-1-5-10(12)9-14-15-11-6-2-4-8-13(11)17-14;9-7-4-2-1-3-6(7)5-8(10)11;7-5-3-1-2-4-6(5)8;/h2*1-8,16H,9H2;1-4,9H,5H2,(H,10,11);1-4,8H,7H2;. The molecule has 6 aromatic carbocycles. The fourth-order valence-electron chi connectivity index (χ4n) is 4.95. The van der Waals surface area contributed by atoms with Gasteiger partial charge in [0.05, 0.1) is 36.9 Å². The Hall–Kier alpha value is -5.26. The number of aromatic hydroxyl groups is 3. The number of phenols is 3. The maximum absolute atomic E-state index is 10.2. The number of hydrogen-bond acceptors (Lipinski definition) is 10. The summed E-state index contributed by atoms with van der Waals surface area (Å²) in [4.78, 5) is 20.2. The molecule has 2 aromatic heterocycles. The van der Waals surface area contributed by atoms with E-state index in [2.05, 4.69) is 34.7 Å². The summed E-state index contributed by atoms with van der Waals surface area (Å²) in [7, 11) is 0. The van der Waals surface area contributed by atoms with Crippen LogP contribution in [0.4, 0.5) is 5.69 Å². The second-order valence-electron chi connectivity index (χ2n) is 11.5. The van der Waals surface area contributed by atoms with E-state index >= 15 is 0 Å². The first-order valence-electron chi connectivity index (χ1n) is 16.4. The van der Waals surface area contributed by atoms with Crippen LogP contribution in [-0.2, 0) is 43.5 Å². The van der Waals surface area contributed by atoms with E-state index < -0.39 is 5.97 Å². The minimum absolute atomic E-state index is 0. The number of benzene rings is 6. The molecule has 0 fully saturated rings. The number of para-hydroxylation sites is 6. The van der Waals surface area contributed by atoms with Gasteiger partial charge in [-0.05, 0) is 54.6 Å². The van der Waals surface area contributed by atoms with Gasteiger partial charge in [-0.15, -0.1) is 35.3 Å². The minimum atomic E-state index is -0.938. The number of thiazole rings is 2. The third-order valence-corrected chi connectivity index (χ3v) is 10.1. The van der Waals surface area contributed by atoms with Gasteiger partial charge >= 0.3 is 5.97 Å². The van der Waals surface area contributed by atoms with Crippen LogP contribution >= 0.6 is 35.3 Å². The number of nitrogens with two attached hydrogens (primary N) is 1. The molecule has 0 aliphatic rings. The molecule has 0 amide bonds.